The van der Waals surface area contributed by atoms with E-state index in [1.54, 1.807) is 4.90 Å². The monoisotopic (exact) mass is 498 g/mol. The maximum Gasteiger partial charge on any atom is 0.265 e. The Bertz CT molecular complexity index is 1260. The molecule has 1 unspecified atom stereocenters. The highest BCUT2D eigenvalue weighted by atomic mass is 32.1. The molecule has 2 heterocycles. The summed E-state index contributed by atoms with van der Waals surface area (Å²) in [4.78, 5) is 50.4. The normalized spacial score (nSPS) is 15.3. The fraction of sp³-hybridized carbons (Fsp3) is 0.500. The van der Waals surface area contributed by atoms with Crippen LogP contribution in [0.15, 0.2) is 35.5 Å². The third-order valence-electron chi connectivity index (χ3n) is 6.87. The standard InChI is InChI=1S/C26H31FN4O3S/c1-3-30(4-2)26(34)23-15-28-24(35-23)14-22(32)21(12-17-8-6-5-7-9-17)31-16-29-20-11-10-18(27)13-19(20)25(31)33/h10-11,13,15-17,21H,3-9,12,14H2,1-2H3. The van der Waals surface area contributed by atoms with Crippen molar-refractivity contribution >= 4 is 33.9 Å². The molecule has 1 aromatic carbocycles. The molecule has 186 valence electrons. The van der Waals surface area contributed by atoms with Gasteiger partial charge >= 0.3 is 0 Å². The Labute approximate surface area is 208 Å². The third-order valence-corrected chi connectivity index (χ3v) is 7.86. The zero-order valence-corrected chi connectivity index (χ0v) is 21.0. The van der Waals surface area contributed by atoms with Gasteiger partial charge in [0.25, 0.3) is 11.5 Å². The molecular weight excluding hydrogens is 467 g/mol. The van der Waals surface area contributed by atoms with Crippen LogP contribution in [-0.4, -0.2) is 44.2 Å². The first-order valence-electron chi connectivity index (χ1n) is 12.3. The maximum atomic E-state index is 13.9. The van der Waals surface area contributed by atoms with E-state index in [2.05, 4.69) is 9.97 Å². The van der Waals surface area contributed by atoms with Gasteiger partial charge in [0.1, 0.15) is 15.7 Å². The van der Waals surface area contributed by atoms with Crippen LogP contribution in [0.2, 0.25) is 0 Å². The van der Waals surface area contributed by atoms with Gasteiger partial charge in [0, 0.05) is 13.1 Å². The molecule has 2 aromatic heterocycles. The molecule has 0 radical (unpaired) electrons. The molecule has 1 fully saturated rings. The summed E-state index contributed by atoms with van der Waals surface area (Å²) in [5.41, 5.74) is -0.0174. The lowest BCUT2D eigenvalue weighted by molar-refractivity contribution is -0.122. The minimum atomic E-state index is -0.711. The van der Waals surface area contributed by atoms with E-state index < -0.39 is 17.4 Å². The Hall–Kier alpha value is -2.94. The van der Waals surface area contributed by atoms with Crippen molar-refractivity contribution in [1.82, 2.24) is 19.4 Å². The summed E-state index contributed by atoms with van der Waals surface area (Å²) < 4.78 is 15.2. The number of benzene rings is 1. The summed E-state index contributed by atoms with van der Waals surface area (Å²) in [6.45, 7) is 5.04. The molecule has 1 atom stereocenters. The number of rotatable bonds is 9. The Balaban J connectivity index is 1.63. The summed E-state index contributed by atoms with van der Waals surface area (Å²) in [6, 6.07) is 3.20. The van der Waals surface area contributed by atoms with E-state index in [1.165, 1.54) is 53.0 Å². The number of thiazole rings is 1. The molecular formula is C26H31FN4O3S. The van der Waals surface area contributed by atoms with Crippen molar-refractivity contribution in [3.8, 4) is 0 Å². The van der Waals surface area contributed by atoms with Crippen molar-refractivity contribution in [3.05, 3.63) is 56.8 Å². The Morgan fingerprint density at radius 3 is 2.63 bits per heavy atom. The molecule has 3 aromatic rings. The molecule has 4 rings (SSSR count). The first kappa shape index (κ1) is 25.2. The fourth-order valence-electron chi connectivity index (χ4n) is 4.89. The lowest BCUT2D eigenvalue weighted by Crippen LogP contribution is -2.33. The number of hydrogen-bond donors (Lipinski definition) is 0. The summed E-state index contributed by atoms with van der Waals surface area (Å²) in [7, 11) is 0. The molecule has 0 spiro atoms. The largest absolute Gasteiger partial charge is 0.338 e. The van der Waals surface area contributed by atoms with E-state index in [0.29, 0.717) is 40.8 Å². The molecule has 9 heteroatoms. The van der Waals surface area contributed by atoms with Crippen molar-refractivity contribution in [2.75, 3.05) is 13.1 Å². The third kappa shape index (κ3) is 5.66. The average molecular weight is 499 g/mol. The number of Topliss-reactive ketones (excluding diaryl/α,β-unsaturated/α-hetero) is 1. The smallest absolute Gasteiger partial charge is 0.265 e. The van der Waals surface area contributed by atoms with Crippen LogP contribution in [0.5, 0.6) is 0 Å². The summed E-state index contributed by atoms with van der Waals surface area (Å²) >= 11 is 1.22. The van der Waals surface area contributed by atoms with Crippen LogP contribution < -0.4 is 5.56 Å². The molecule has 0 aliphatic heterocycles. The molecule has 35 heavy (non-hydrogen) atoms. The molecule has 1 amide bonds. The Kier molecular flexibility index (Phi) is 8.05. The van der Waals surface area contributed by atoms with Crippen molar-refractivity contribution in [2.45, 2.75) is 64.8 Å². The van der Waals surface area contributed by atoms with Crippen LogP contribution in [0.25, 0.3) is 10.9 Å². The number of amides is 1. The molecule has 7 nitrogen and oxygen atoms in total. The van der Waals surface area contributed by atoms with E-state index in [9.17, 15) is 18.8 Å². The zero-order chi connectivity index (χ0) is 24.9. The second-order valence-electron chi connectivity index (χ2n) is 9.11. The number of carbonyl (C=O) groups is 2. The van der Waals surface area contributed by atoms with Crippen LogP contribution in [0.1, 0.15) is 73.1 Å². The predicted molar refractivity (Wildman–Crippen MR) is 134 cm³/mol. The van der Waals surface area contributed by atoms with Crippen LogP contribution in [0.4, 0.5) is 4.39 Å². The SMILES string of the molecule is CCN(CC)C(=O)c1cnc(CC(=O)C(CC2CCCCC2)n2cnc3ccc(F)cc3c2=O)s1. The van der Waals surface area contributed by atoms with Crippen LogP contribution in [0, 0.1) is 11.7 Å². The van der Waals surface area contributed by atoms with Crippen molar-refractivity contribution in [2.24, 2.45) is 5.92 Å². The average Bonchev–Trinajstić information content (AvgIpc) is 3.33. The van der Waals surface area contributed by atoms with Gasteiger partial charge in [0.05, 0.1) is 35.9 Å². The van der Waals surface area contributed by atoms with Crippen molar-refractivity contribution in [3.63, 3.8) is 0 Å². The minimum absolute atomic E-state index is 0.0290. The van der Waals surface area contributed by atoms with Gasteiger partial charge < -0.3 is 4.90 Å². The highest BCUT2D eigenvalue weighted by molar-refractivity contribution is 7.13. The minimum Gasteiger partial charge on any atom is -0.338 e. The first-order chi connectivity index (χ1) is 16.9. The number of carbonyl (C=O) groups excluding carboxylic acids is 2. The van der Waals surface area contributed by atoms with Gasteiger partial charge in [0.15, 0.2) is 5.78 Å². The van der Waals surface area contributed by atoms with E-state index in [4.69, 9.17) is 0 Å². The quantitative estimate of drug-likeness (QED) is 0.423. The van der Waals surface area contributed by atoms with Crippen molar-refractivity contribution in [1.29, 1.82) is 0 Å². The van der Waals surface area contributed by atoms with Gasteiger partial charge in [-0.3, -0.25) is 19.0 Å². The lowest BCUT2D eigenvalue weighted by atomic mass is 9.83. The number of fused-ring (bicyclic) bond motifs is 1. The maximum absolute atomic E-state index is 13.9. The molecule has 1 saturated carbocycles. The highest BCUT2D eigenvalue weighted by Crippen LogP contribution is 2.32. The first-order valence-corrected chi connectivity index (χ1v) is 13.2. The molecule has 0 N–H and O–H groups in total. The topological polar surface area (TPSA) is 85.2 Å². The van der Waals surface area contributed by atoms with Crippen LogP contribution in [-0.2, 0) is 11.2 Å². The zero-order valence-electron chi connectivity index (χ0n) is 20.2. The lowest BCUT2D eigenvalue weighted by Gasteiger charge is -2.27. The predicted octanol–water partition coefficient (Wildman–Crippen LogP) is 4.80. The van der Waals surface area contributed by atoms with Gasteiger partial charge in [-0.05, 0) is 44.4 Å². The highest BCUT2D eigenvalue weighted by Gasteiger charge is 2.28. The number of halogens is 1. The number of nitrogens with zero attached hydrogens (tertiary/aromatic N) is 4. The second-order valence-corrected chi connectivity index (χ2v) is 10.2. The summed E-state index contributed by atoms with van der Waals surface area (Å²) in [5.74, 6) is -0.422. The van der Waals surface area contributed by atoms with Gasteiger partial charge in [-0.25, -0.2) is 14.4 Å². The number of hydrogen-bond acceptors (Lipinski definition) is 6. The number of aromatic nitrogens is 3. The summed E-state index contributed by atoms with van der Waals surface area (Å²) in [5, 5.41) is 0.710. The molecule has 0 saturated heterocycles. The Morgan fingerprint density at radius 1 is 1.17 bits per heavy atom. The molecule has 1 aliphatic carbocycles. The van der Waals surface area contributed by atoms with E-state index >= 15 is 0 Å². The Morgan fingerprint density at radius 2 is 1.91 bits per heavy atom. The second kappa shape index (κ2) is 11.2. The van der Waals surface area contributed by atoms with E-state index in [-0.39, 0.29) is 23.5 Å². The van der Waals surface area contributed by atoms with E-state index in [0.717, 1.165) is 25.7 Å². The van der Waals surface area contributed by atoms with Gasteiger partial charge in [-0.1, -0.05) is 32.1 Å². The van der Waals surface area contributed by atoms with E-state index in [1.807, 2.05) is 13.8 Å². The summed E-state index contributed by atoms with van der Waals surface area (Å²) in [6.07, 6.45) is 8.97. The fourth-order valence-corrected chi connectivity index (χ4v) is 5.79. The molecule has 0 bridgehead atoms. The van der Waals surface area contributed by atoms with Crippen LogP contribution in [0.3, 0.4) is 0 Å². The van der Waals surface area contributed by atoms with Gasteiger partial charge in [-0.15, -0.1) is 11.3 Å². The number of ketones is 1. The van der Waals surface area contributed by atoms with Gasteiger partial charge in [-0.2, -0.15) is 0 Å². The van der Waals surface area contributed by atoms with Crippen molar-refractivity contribution < 1.29 is 14.0 Å². The van der Waals surface area contributed by atoms with Crippen LogP contribution >= 0.6 is 11.3 Å². The molecule has 1 aliphatic rings. The van der Waals surface area contributed by atoms with Gasteiger partial charge in [0.2, 0.25) is 0 Å².